The minimum Gasteiger partial charge on any atom is -0.288 e. The lowest BCUT2D eigenvalue weighted by Crippen LogP contribution is -2.02. The number of hydrogen-bond acceptors (Lipinski definition) is 4. The van der Waals surface area contributed by atoms with Crippen molar-refractivity contribution in [3.05, 3.63) is 71.1 Å². The number of aliphatic imine (C=N–C) groups is 1. The van der Waals surface area contributed by atoms with Crippen LogP contribution in [-0.2, 0) is 6.42 Å². The van der Waals surface area contributed by atoms with Gasteiger partial charge in [0.1, 0.15) is 0 Å². The maximum Gasteiger partial charge on any atom is 0.161 e. The number of halogens is 1. The molecule has 5 nitrogen and oxygen atoms in total. The molecule has 3 aromatic rings. The molecule has 0 aromatic carbocycles. The van der Waals surface area contributed by atoms with Crippen LogP contribution in [0.25, 0.3) is 16.9 Å². The quantitative estimate of drug-likeness (QED) is 0.464. The van der Waals surface area contributed by atoms with Crippen molar-refractivity contribution in [2.75, 3.05) is 6.54 Å². The highest BCUT2D eigenvalue weighted by Gasteiger charge is 2.08. The molecule has 25 heavy (non-hydrogen) atoms. The monoisotopic (exact) mass is 395 g/mol. The summed E-state index contributed by atoms with van der Waals surface area (Å²) in [4.78, 5) is 13.3. The summed E-state index contributed by atoms with van der Waals surface area (Å²) in [5.74, 6) is 0.763. The third-order valence-corrected chi connectivity index (χ3v) is 4.11. The molecular weight excluding hydrogens is 378 g/mol. The predicted molar refractivity (Wildman–Crippen MR) is 106 cm³/mol. The zero-order chi connectivity index (χ0) is 17.6. The number of nitrogens with zero attached hydrogens (tertiary/aromatic N) is 5. The van der Waals surface area contributed by atoms with Crippen LogP contribution in [0.4, 0.5) is 0 Å². The van der Waals surface area contributed by atoms with Crippen molar-refractivity contribution in [2.45, 2.75) is 13.3 Å². The summed E-state index contributed by atoms with van der Waals surface area (Å²) in [5, 5.41) is 5.48. The van der Waals surface area contributed by atoms with Crippen molar-refractivity contribution < 1.29 is 0 Å². The molecule has 0 fully saturated rings. The van der Waals surface area contributed by atoms with Crippen molar-refractivity contribution >= 4 is 33.2 Å². The molecule has 0 spiro atoms. The average Bonchev–Trinajstić information content (AvgIpc) is 3.06. The van der Waals surface area contributed by atoms with Gasteiger partial charge in [0, 0.05) is 28.5 Å². The second-order valence-electron chi connectivity index (χ2n) is 5.49. The first-order valence-corrected chi connectivity index (χ1v) is 8.70. The fourth-order valence-corrected chi connectivity index (χ4v) is 2.72. The summed E-state index contributed by atoms with van der Waals surface area (Å²) in [7, 11) is 0. The Morgan fingerprint density at radius 3 is 3.04 bits per heavy atom. The SMILES string of the molecule is C=CC/N=C\C(Br)=C/Cc1cc(-n2ccc(C)n2)nc2ncccc12. The van der Waals surface area contributed by atoms with Crippen molar-refractivity contribution in [2.24, 2.45) is 4.99 Å². The van der Waals surface area contributed by atoms with Crippen molar-refractivity contribution in [1.82, 2.24) is 19.7 Å². The molecular formula is C19H18BrN5. The maximum atomic E-state index is 4.63. The molecule has 0 amide bonds. The number of aromatic nitrogens is 4. The first-order valence-electron chi connectivity index (χ1n) is 7.91. The van der Waals surface area contributed by atoms with Gasteiger partial charge in [0.15, 0.2) is 11.5 Å². The van der Waals surface area contributed by atoms with Gasteiger partial charge in [0.25, 0.3) is 0 Å². The molecule has 0 saturated heterocycles. The van der Waals surface area contributed by atoms with Gasteiger partial charge < -0.3 is 0 Å². The van der Waals surface area contributed by atoms with Crippen LogP contribution < -0.4 is 0 Å². The molecule has 6 heteroatoms. The van der Waals surface area contributed by atoms with E-state index >= 15 is 0 Å². The van der Waals surface area contributed by atoms with Gasteiger partial charge in [-0.3, -0.25) is 4.99 Å². The molecule has 0 bridgehead atoms. The van der Waals surface area contributed by atoms with E-state index in [1.54, 1.807) is 23.2 Å². The smallest absolute Gasteiger partial charge is 0.161 e. The van der Waals surface area contributed by atoms with Crippen LogP contribution in [0.2, 0.25) is 0 Å². The molecule has 0 unspecified atom stereocenters. The van der Waals surface area contributed by atoms with Crippen LogP contribution >= 0.6 is 15.9 Å². The van der Waals surface area contributed by atoms with Crippen LogP contribution in [0.15, 0.2) is 64.9 Å². The summed E-state index contributed by atoms with van der Waals surface area (Å²) in [5.41, 5.74) is 2.80. The highest BCUT2D eigenvalue weighted by molar-refractivity contribution is 9.12. The summed E-state index contributed by atoms with van der Waals surface area (Å²) in [6.45, 7) is 6.22. The van der Waals surface area contributed by atoms with Gasteiger partial charge in [0.05, 0.1) is 12.2 Å². The molecule has 0 N–H and O–H groups in total. The van der Waals surface area contributed by atoms with Gasteiger partial charge in [-0.1, -0.05) is 12.2 Å². The third kappa shape index (κ3) is 4.28. The Bertz CT molecular complexity index is 955. The molecule has 3 aromatic heterocycles. The van der Waals surface area contributed by atoms with Gasteiger partial charge >= 0.3 is 0 Å². The number of fused-ring (bicyclic) bond motifs is 1. The lowest BCUT2D eigenvalue weighted by molar-refractivity contribution is 0.834. The van der Waals surface area contributed by atoms with Crippen LogP contribution in [0.5, 0.6) is 0 Å². The number of allylic oxidation sites excluding steroid dienone is 2. The van der Waals surface area contributed by atoms with Crippen LogP contribution in [0, 0.1) is 6.92 Å². The average molecular weight is 396 g/mol. The Kier molecular flexibility index (Phi) is 5.50. The second-order valence-corrected chi connectivity index (χ2v) is 6.41. The number of hydrogen-bond donors (Lipinski definition) is 0. The minimum atomic E-state index is 0.605. The summed E-state index contributed by atoms with van der Waals surface area (Å²) < 4.78 is 2.71. The van der Waals surface area contributed by atoms with E-state index < -0.39 is 0 Å². The highest BCUT2D eigenvalue weighted by atomic mass is 79.9. The lowest BCUT2D eigenvalue weighted by Gasteiger charge is -2.08. The zero-order valence-corrected chi connectivity index (χ0v) is 15.5. The Balaban J connectivity index is 1.98. The Morgan fingerprint density at radius 2 is 2.28 bits per heavy atom. The van der Waals surface area contributed by atoms with Gasteiger partial charge in [-0.2, -0.15) is 5.10 Å². The number of pyridine rings is 2. The molecule has 3 heterocycles. The van der Waals surface area contributed by atoms with Gasteiger partial charge in [-0.05, 0) is 59.1 Å². The minimum absolute atomic E-state index is 0.605. The van der Waals surface area contributed by atoms with E-state index in [1.165, 1.54) is 0 Å². The van der Waals surface area contributed by atoms with E-state index in [0.29, 0.717) is 12.2 Å². The topological polar surface area (TPSA) is 56.0 Å². The Morgan fingerprint density at radius 1 is 1.40 bits per heavy atom. The molecule has 0 aliphatic carbocycles. The number of aryl methyl sites for hydroxylation is 1. The highest BCUT2D eigenvalue weighted by Crippen LogP contribution is 2.20. The fraction of sp³-hybridized carbons (Fsp3) is 0.158. The molecule has 0 aliphatic heterocycles. The molecule has 0 radical (unpaired) electrons. The number of rotatable bonds is 6. The fourth-order valence-electron chi connectivity index (χ4n) is 2.41. The first kappa shape index (κ1) is 17.2. The van der Waals surface area contributed by atoms with Gasteiger partial charge in [-0.25, -0.2) is 14.6 Å². The van der Waals surface area contributed by atoms with E-state index in [9.17, 15) is 0 Å². The van der Waals surface area contributed by atoms with Crippen LogP contribution in [-0.4, -0.2) is 32.5 Å². The van der Waals surface area contributed by atoms with E-state index in [-0.39, 0.29) is 0 Å². The predicted octanol–water partition coefficient (Wildman–Crippen LogP) is 4.20. The molecule has 126 valence electrons. The van der Waals surface area contributed by atoms with Crippen LogP contribution in [0.3, 0.4) is 0 Å². The van der Waals surface area contributed by atoms with E-state index in [1.807, 2.05) is 37.4 Å². The lowest BCUT2D eigenvalue weighted by atomic mass is 10.1. The Labute approximate surface area is 155 Å². The first-order chi connectivity index (χ1) is 12.2. The summed E-state index contributed by atoms with van der Waals surface area (Å²) in [6, 6.07) is 7.97. The van der Waals surface area contributed by atoms with Crippen molar-refractivity contribution in [3.63, 3.8) is 0 Å². The van der Waals surface area contributed by atoms with E-state index in [4.69, 9.17) is 0 Å². The summed E-state index contributed by atoms with van der Waals surface area (Å²) >= 11 is 3.53. The van der Waals surface area contributed by atoms with Gasteiger partial charge in [-0.15, -0.1) is 6.58 Å². The van der Waals surface area contributed by atoms with Gasteiger partial charge in [0.2, 0.25) is 0 Å². The standard InChI is InChI=1S/C19H18BrN5/c1-3-9-21-13-16(20)7-6-15-12-18(25-11-8-14(2)24-25)23-19-17(15)5-4-10-22-19/h3-5,7-8,10-13H,1,6,9H2,2H3/b16-7+,21-13-. The van der Waals surface area contributed by atoms with Crippen molar-refractivity contribution in [3.8, 4) is 5.82 Å². The Hall–Kier alpha value is -2.60. The molecule has 0 saturated carbocycles. The largest absolute Gasteiger partial charge is 0.288 e. The van der Waals surface area contributed by atoms with Crippen molar-refractivity contribution in [1.29, 1.82) is 0 Å². The third-order valence-electron chi connectivity index (χ3n) is 3.58. The summed E-state index contributed by atoms with van der Waals surface area (Å²) in [6.07, 6.45) is 10.0. The van der Waals surface area contributed by atoms with E-state index in [2.05, 4.69) is 48.6 Å². The van der Waals surface area contributed by atoms with E-state index in [0.717, 1.165) is 33.4 Å². The second kappa shape index (κ2) is 7.98. The van der Waals surface area contributed by atoms with Crippen LogP contribution in [0.1, 0.15) is 11.3 Å². The molecule has 0 atom stereocenters. The zero-order valence-electron chi connectivity index (χ0n) is 13.9. The molecule has 0 aliphatic rings. The molecule has 3 rings (SSSR count). The maximum absolute atomic E-state index is 4.63. The normalized spacial score (nSPS) is 12.2.